The molecule has 0 unspecified atom stereocenters. The van der Waals surface area contributed by atoms with Gasteiger partial charge in [0.25, 0.3) is 0 Å². The van der Waals surface area contributed by atoms with Gasteiger partial charge in [-0.3, -0.25) is 4.79 Å². The van der Waals surface area contributed by atoms with Crippen LogP contribution in [0.2, 0.25) is 0 Å². The molecule has 0 aliphatic carbocycles. The second kappa shape index (κ2) is 7.64. The molecule has 0 saturated heterocycles. The molecule has 0 fully saturated rings. The standard InChI is InChI=1S/C32H20N2O/c35-30-19-29(26-14-6-10-21-8-2-4-12-24(21)26)34-32-27(30)17-15-22-16-18-28(33-31(22)32)25-13-5-9-20-7-1-3-11-23(20)25/h1-19H,(H,34,35). The van der Waals surface area contributed by atoms with Gasteiger partial charge in [0.05, 0.1) is 22.4 Å². The Hall–Kier alpha value is -4.76. The molecule has 3 heteroatoms. The Morgan fingerprint density at radius 3 is 1.94 bits per heavy atom. The lowest BCUT2D eigenvalue weighted by Gasteiger charge is -2.11. The number of pyridine rings is 2. The molecule has 0 radical (unpaired) electrons. The van der Waals surface area contributed by atoms with Gasteiger partial charge in [-0.1, -0.05) is 97.1 Å². The van der Waals surface area contributed by atoms with Crippen molar-refractivity contribution in [1.82, 2.24) is 9.97 Å². The molecular weight excluding hydrogens is 428 g/mol. The highest BCUT2D eigenvalue weighted by Crippen LogP contribution is 2.32. The number of nitrogens with zero attached hydrogens (tertiary/aromatic N) is 1. The van der Waals surface area contributed by atoms with E-state index in [1.807, 2.05) is 36.4 Å². The van der Waals surface area contributed by atoms with Crippen LogP contribution in [0.5, 0.6) is 0 Å². The number of H-pyrrole nitrogens is 1. The summed E-state index contributed by atoms with van der Waals surface area (Å²) in [6.07, 6.45) is 0. The Morgan fingerprint density at radius 1 is 0.543 bits per heavy atom. The van der Waals surface area contributed by atoms with Crippen molar-refractivity contribution in [3.05, 3.63) is 125 Å². The topological polar surface area (TPSA) is 45.8 Å². The third-order valence-corrected chi connectivity index (χ3v) is 6.81. The minimum absolute atomic E-state index is 0.0130. The van der Waals surface area contributed by atoms with E-state index in [2.05, 4.69) is 77.8 Å². The molecule has 1 N–H and O–H groups in total. The number of hydrogen-bond donors (Lipinski definition) is 1. The summed E-state index contributed by atoms with van der Waals surface area (Å²) in [7, 11) is 0. The first-order valence-electron chi connectivity index (χ1n) is 11.7. The van der Waals surface area contributed by atoms with E-state index in [4.69, 9.17) is 4.98 Å². The van der Waals surface area contributed by atoms with Crippen LogP contribution in [0.25, 0.3) is 65.9 Å². The minimum Gasteiger partial charge on any atom is -0.353 e. The lowest BCUT2D eigenvalue weighted by Crippen LogP contribution is -2.04. The van der Waals surface area contributed by atoms with Gasteiger partial charge in [0.1, 0.15) is 0 Å². The molecule has 0 bridgehead atoms. The zero-order valence-corrected chi connectivity index (χ0v) is 18.8. The van der Waals surface area contributed by atoms with Gasteiger partial charge in [0, 0.05) is 28.0 Å². The van der Waals surface area contributed by atoms with Crippen LogP contribution in [0.15, 0.2) is 120 Å². The van der Waals surface area contributed by atoms with E-state index in [0.29, 0.717) is 5.39 Å². The predicted octanol–water partition coefficient (Wildman–Crippen LogP) is 7.72. The Bertz CT molecular complexity index is 1970. The number of aromatic nitrogens is 2. The smallest absolute Gasteiger partial charge is 0.190 e. The third kappa shape index (κ3) is 3.13. The lowest BCUT2D eigenvalue weighted by molar-refractivity contribution is 1.36. The van der Waals surface area contributed by atoms with Crippen molar-refractivity contribution in [3.63, 3.8) is 0 Å². The van der Waals surface area contributed by atoms with Gasteiger partial charge in [0.2, 0.25) is 0 Å². The summed E-state index contributed by atoms with van der Waals surface area (Å²) in [6, 6.07) is 38.7. The van der Waals surface area contributed by atoms with Crippen molar-refractivity contribution >= 4 is 43.4 Å². The zero-order chi connectivity index (χ0) is 23.4. The molecule has 0 saturated carbocycles. The molecule has 7 aromatic rings. The monoisotopic (exact) mass is 448 g/mol. The maximum absolute atomic E-state index is 13.2. The van der Waals surface area contributed by atoms with Crippen molar-refractivity contribution in [2.24, 2.45) is 0 Å². The van der Waals surface area contributed by atoms with Crippen LogP contribution in [0.3, 0.4) is 0 Å². The highest BCUT2D eigenvalue weighted by molar-refractivity contribution is 6.06. The molecule has 0 aliphatic rings. The summed E-state index contributed by atoms with van der Waals surface area (Å²) in [5.74, 6) is 0. The van der Waals surface area contributed by atoms with E-state index in [0.717, 1.165) is 55.1 Å². The van der Waals surface area contributed by atoms with Gasteiger partial charge >= 0.3 is 0 Å². The van der Waals surface area contributed by atoms with Gasteiger partial charge in [0.15, 0.2) is 5.43 Å². The molecule has 164 valence electrons. The molecule has 35 heavy (non-hydrogen) atoms. The van der Waals surface area contributed by atoms with Crippen LogP contribution in [0.1, 0.15) is 0 Å². The SMILES string of the molecule is O=c1cc(-c2cccc3ccccc23)[nH]c2c1ccc1ccc(-c3cccc4ccccc34)nc12. The average molecular weight is 449 g/mol. The number of benzene rings is 5. The maximum atomic E-state index is 13.2. The fourth-order valence-corrected chi connectivity index (χ4v) is 5.10. The van der Waals surface area contributed by atoms with E-state index in [-0.39, 0.29) is 5.43 Å². The molecule has 0 spiro atoms. The zero-order valence-electron chi connectivity index (χ0n) is 18.8. The summed E-state index contributed by atoms with van der Waals surface area (Å²) in [5.41, 5.74) is 5.31. The lowest BCUT2D eigenvalue weighted by atomic mass is 10.00. The summed E-state index contributed by atoms with van der Waals surface area (Å²) in [4.78, 5) is 21.9. The number of hydrogen-bond acceptors (Lipinski definition) is 2. The van der Waals surface area contributed by atoms with E-state index in [1.165, 1.54) is 5.39 Å². The Labute approximate surface area is 201 Å². The van der Waals surface area contributed by atoms with Crippen LogP contribution in [-0.4, -0.2) is 9.97 Å². The van der Waals surface area contributed by atoms with Gasteiger partial charge in [-0.2, -0.15) is 0 Å². The van der Waals surface area contributed by atoms with E-state index in [9.17, 15) is 4.79 Å². The molecule has 0 atom stereocenters. The van der Waals surface area contributed by atoms with Gasteiger partial charge in [-0.25, -0.2) is 4.98 Å². The van der Waals surface area contributed by atoms with Gasteiger partial charge < -0.3 is 4.98 Å². The molecular formula is C32H20N2O. The predicted molar refractivity (Wildman–Crippen MR) is 146 cm³/mol. The summed E-state index contributed by atoms with van der Waals surface area (Å²) in [6.45, 7) is 0. The van der Waals surface area contributed by atoms with Crippen LogP contribution < -0.4 is 5.43 Å². The fraction of sp³-hybridized carbons (Fsp3) is 0. The number of fused-ring (bicyclic) bond motifs is 5. The minimum atomic E-state index is -0.0130. The van der Waals surface area contributed by atoms with Crippen molar-refractivity contribution < 1.29 is 0 Å². The van der Waals surface area contributed by atoms with Crippen LogP contribution in [0, 0.1) is 0 Å². The molecule has 5 aromatic carbocycles. The molecule has 2 aromatic heterocycles. The van der Waals surface area contributed by atoms with Crippen LogP contribution in [-0.2, 0) is 0 Å². The van der Waals surface area contributed by atoms with Crippen molar-refractivity contribution in [2.75, 3.05) is 0 Å². The second-order valence-corrected chi connectivity index (χ2v) is 8.86. The quantitative estimate of drug-likeness (QED) is 0.275. The number of aromatic amines is 1. The normalized spacial score (nSPS) is 11.5. The second-order valence-electron chi connectivity index (χ2n) is 8.86. The molecule has 0 aliphatic heterocycles. The highest BCUT2D eigenvalue weighted by atomic mass is 16.1. The van der Waals surface area contributed by atoms with Gasteiger partial charge in [-0.15, -0.1) is 0 Å². The van der Waals surface area contributed by atoms with Crippen LogP contribution >= 0.6 is 0 Å². The van der Waals surface area contributed by atoms with Crippen molar-refractivity contribution in [2.45, 2.75) is 0 Å². The largest absolute Gasteiger partial charge is 0.353 e. The summed E-state index contributed by atoms with van der Waals surface area (Å²) >= 11 is 0. The van der Waals surface area contributed by atoms with E-state index < -0.39 is 0 Å². The fourth-order valence-electron chi connectivity index (χ4n) is 5.10. The Balaban J connectivity index is 1.52. The molecule has 7 rings (SSSR count). The maximum Gasteiger partial charge on any atom is 0.190 e. The highest BCUT2D eigenvalue weighted by Gasteiger charge is 2.12. The van der Waals surface area contributed by atoms with Crippen LogP contribution in [0.4, 0.5) is 0 Å². The number of rotatable bonds is 2. The molecule has 3 nitrogen and oxygen atoms in total. The van der Waals surface area contributed by atoms with Gasteiger partial charge in [-0.05, 0) is 33.7 Å². The number of nitrogens with one attached hydrogen (secondary N) is 1. The molecule has 2 heterocycles. The Kier molecular flexibility index (Phi) is 4.30. The third-order valence-electron chi connectivity index (χ3n) is 6.81. The van der Waals surface area contributed by atoms with E-state index in [1.54, 1.807) is 6.07 Å². The van der Waals surface area contributed by atoms with Crippen molar-refractivity contribution in [1.29, 1.82) is 0 Å². The first-order valence-corrected chi connectivity index (χ1v) is 11.7. The van der Waals surface area contributed by atoms with Crippen molar-refractivity contribution in [3.8, 4) is 22.5 Å². The summed E-state index contributed by atoms with van der Waals surface area (Å²) < 4.78 is 0. The van der Waals surface area contributed by atoms with E-state index >= 15 is 0 Å². The first-order chi connectivity index (χ1) is 17.3. The first kappa shape index (κ1) is 19.7. The average Bonchev–Trinajstić information content (AvgIpc) is 2.92. The Morgan fingerprint density at radius 2 is 1.17 bits per heavy atom. The summed E-state index contributed by atoms with van der Waals surface area (Å²) in [5, 5.41) is 6.22. The molecule has 0 amide bonds.